The van der Waals surface area contributed by atoms with E-state index < -0.39 is 0 Å². The number of aromatic nitrogens is 2. The minimum atomic E-state index is 0.538. The number of nitrogens with two attached hydrogens (primary N) is 1. The Bertz CT molecular complexity index is 364. The Morgan fingerprint density at radius 3 is 3.06 bits per heavy atom. The molecule has 0 radical (unpaired) electrons. The Kier molecular flexibility index (Phi) is 3.44. The molecule has 5 heteroatoms. The first-order chi connectivity index (χ1) is 7.78. The van der Waals surface area contributed by atoms with Gasteiger partial charge >= 0.3 is 0 Å². The average Bonchev–Trinajstić information content (AvgIpc) is 2.68. The Hall–Kier alpha value is -1.52. The highest BCUT2D eigenvalue weighted by molar-refractivity contribution is 5.78. The largest absolute Gasteiger partial charge is 0.370 e. The minimum Gasteiger partial charge on any atom is -0.370 e. The van der Waals surface area contributed by atoms with Crippen LogP contribution in [0.3, 0.4) is 0 Å². The van der Waals surface area contributed by atoms with Crippen LogP contribution in [0.4, 0.5) is 0 Å². The van der Waals surface area contributed by atoms with Gasteiger partial charge in [0, 0.05) is 18.8 Å². The fraction of sp³-hybridized carbons (Fsp3) is 0.636. The summed E-state index contributed by atoms with van der Waals surface area (Å²) < 4.78 is 1.89. The quantitative estimate of drug-likeness (QED) is 0.585. The normalized spacial score (nSPS) is 17.2. The minimum absolute atomic E-state index is 0.538. The van der Waals surface area contributed by atoms with Crippen molar-refractivity contribution < 1.29 is 0 Å². The van der Waals surface area contributed by atoms with E-state index in [9.17, 15) is 0 Å². The van der Waals surface area contributed by atoms with E-state index in [1.165, 1.54) is 19.3 Å². The van der Waals surface area contributed by atoms with Crippen molar-refractivity contribution in [2.75, 3.05) is 0 Å². The first-order valence-electron chi connectivity index (χ1n) is 5.86. The third-order valence-electron chi connectivity index (χ3n) is 2.89. The van der Waals surface area contributed by atoms with E-state index in [-0.39, 0.29) is 0 Å². The molecule has 1 heterocycles. The molecule has 5 nitrogen and oxygen atoms in total. The summed E-state index contributed by atoms with van der Waals surface area (Å²) in [7, 11) is 0. The number of aryl methyl sites for hydroxylation is 1. The molecule has 1 aliphatic rings. The van der Waals surface area contributed by atoms with Crippen LogP contribution in [0, 0.1) is 0 Å². The Labute approximate surface area is 95.7 Å². The maximum atomic E-state index is 5.78. The molecule has 0 atom stereocenters. The van der Waals surface area contributed by atoms with E-state index in [1.807, 2.05) is 16.9 Å². The maximum absolute atomic E-state index is 5.78. The standard InChI is InChI=1S/C11H19N5/c1-2-16-7-6-10(15-16)8-13-11(12)14-9-4-3-5-9/h6-7,9H,2-5,8H2,1H3,(H3,12,13,14). The van der Waals surface area contributed by atoms with Crippen LogP contribution >= 0.6 is 0 Å². The van der Waals surface area contributed by atoms with E-state index in [0.717, 1.165) is 12.2 Å². The summed E-state index contributed by atoms with van der Waals surface area (Å²) in [5.74, 6) is 0.538. The summed E-state index contributed by atoms with van der Waals surface area (Å²) in [5.41, 5.74) is 6.73. The highest BCUT2D eigenvalue weighted by atomic mass is 15.3. The predicted molar refractivity (Wildman–Crippen MR) is 64.0 cm³/mol. The highest BCUT2D eigenvalue weighted by Gasteiger charge is 2.17. The van der Waals surface area contributed by atoms with Crippen LogP contribution < -0.4 is 11.1 Å². The van der Waals surface area contributed by atoms with Crippen LogP contribution in [0.15, 0.2) is 17.3 Å². The van der Waals surface area contributed by atoms with Gasteiger partial charge in [0.15, 0.2) is 5.96 Å². The molecule has 88 valence electrons. The monoisotopic (exact) mass is 221 g/mol. The van der Waals surface area contributed by atoms with Crippen LogP contribution in [-0.4, -0.2) is 21.8 Å². The molecule has 0 unspecified atom stereocenters. The molecule has 0 saturated heterocycles. The van der Waals surface area contributed by atoms with Gasteiger partial charge in [-0.3, -0.25) is 4.68 Å². The van der Waals surface area contributed by atoms with E-state index in [4.69, 9.17) is 5.73 Å². The van der Waals surface area contributed by atoms with E-state index >= 15 is 0 Å². The molecule has 1 fully saturated rings. The molecule has 1 saturated carbocycles. The number of nitrogens with one attached hydrogen (secondary N) is 1. The van der Waals surface area contributed by atoms with Gasteiger partial charge in [-0.05, 0) is 32.3 Å². The third kappa shape index (κ3) is 2.74. The summed E-state index contributed by atoms with van der Waals surface area (Å²) in [4.78, 5) is 4.27. The Morgan fingerprint density at radius 2 is 2.50 bits per heavy atom. The van der Waals surface area contributed by atoms with Crippen LogP contribution in [0.2, 0.25) is 0 Å². The summed E-state index contributed by atoms with van der Waals surface area (Å²) >= 11 is 0. The van der Waals surface area contributed by atoms with Gasteiger partial charge in [0.25, 0.3) is 0 Å². The molecule has 0 aliphatic heterocycles. The third-order valence-corrected chi connectivity index (χ3v) is 2.89. The molecular weight excluding hydrogens is 202 g/mol. The summed E-state index contributed by atoms with van der Waals surface area (Å²) in [6.45, 7) is 3.50. The predicted octanol–water partition coefficient (Wildman–Crippen LogP) is 0.860. The first kappa shape index (κ1) is 11.0. The zero-order valence-electron chi connectivity index (χ0n) is 9.69. The molecule has 3 N–H and O–H groups in total. The summed E-state index contributed by atoms with van der Waals surface area (Å²) in [6, 6.07) is 2.51. The van der Waals surface area contributed by atoms with Crippen molar-refractivity contribution in [2.24, 2.45) is 10.7 Å². The van der Waals surface area contributed by atoms with Crippen LogP contribution in [0.1, 0.15) is 31.9 Å². The van der Waals surface area contributed by atoms with Crippen LogP contribution in [-0.2, 0) is 13.1 Å². The number of hydrogen-bond donors (Lipinski definition) is 2. The van der Waals surface area contributed by atoms with Crippen molar-refractivity contribution in [1.82, 2.24) is 15.1 Å². The van der Waals surface area contributed by atoms with Crippen molar-refractivity contribution in [3.05, 3.63) is 18.0 Å². The van der Waals surface area contributed by atoms with E-state index in [0.29, 0.717) is 18.5 Å². The number of nitrogens with zero attached hydrogens (tertiary/aromatic N) is 3. The molecular formula is C11H19N5. The van der Waals surface area contributed by atoms with Gasteiger partial charge in [-0.25, -0.2) is 4.99 Å². The van der Waals surface area contributed by atoms with Gasteiger partial charge in [-0.15, -0.1) is 0 Å². The zero-order valence-corrected chi connectivity index (χ0v) is 9.69. The fourth-order valence-corrected chi connectivity index (χ4v) is 1.64. The van der Waals surface area contributed by atoms with E-state index in [2.05, 4.69) is 22.3 Å². The van der Waals surface area contributed by atoms with E-state index in [1.54, 1.807) is 0 Å². The lowest BCUT2D eigenvalue weighted by Crippen LogP contribution is -2.43. The molecule has 2 rings (SSSR count). The molecule has 1 aromatic heterocycles. The Balaban J connectivity index is 1.81. The van der Waals surface area contributed by atoms with Gasteiger partial charge in [0.05, 0.1) is 12.2 Å². The Morgan fingerprint density at radius 1 is 1.69 bits per heavy atom. The SMILES string of the molecule is CCn1ccc(CN=C(N)NC2CCC2)n1. The molecule has 1 aliphatic carbocycles. The molecule has 0 spiro atoms. The molecule has 0 aromatic carbocycles. The maximum Gasteiger partial charge on any atom is 0.189 e. The lowest BCUT2D eigenvalue weighted by atomic mass is 9.93. The van der Waals surface area contributed by atoms with Gasteiger partial charge < -0.3 is 11.1 Å². The number of guanidine groups is 1. The van der Waals surface area contributed by atoms with Crippen LogP contribution in [0.5, 0.6) is 0 Å². The van der Waals surface area contributed by atoms with Crippen molar-refractivity contribution in [2.45, 2.75) is 45.3 Å². The smallest absolute Gasteiger partial charge is 0.189 e. The number of hydrogen-bond acceptors (Lipinski definition) is 2. The van der Waals surface area contributed by atoms with Crippen molar-refractivity contribution in [3.8, 4) is 0 Å². The topological polar surface area (TPSA) is 68.2 Å². The molecule has 16 heavy (non-hydrogen) atoms. The number of rotatable bonds is 4. The fourth-order valence-electron chi connectivity index (χ4n) is 1.64. The van der Waals surface area contributed by atoms with Gasteiger partial charge in [-0.1, -0.05) is 0 Å². The second-order valence-corrected chi connectivity index (χ2v) is 4.14. The summed E-state index contributed by atoms with van der Waals surface area (Å²) in [5, 5.41) is 7.54. The van der Waals surface area contributed by atoms with Crippen LogP contribution in [0.25, 0.3) is 0 Å². The molecule has 0 bridgehead atoms. The second kappa shape index (κ2) is 5.01. The lowest BCUT2D eigenvalue weighted by molar-refractivity contribution is 0.382. The van der Waals surface area contributed by atoms with Crippen molar-refractivity contribution in [1.29, 1.82) is 0 Å². The summed E-state index contributed by atoms with van der Waals surface area (Å²) in [6.07, 6.45) is 5.67. The van der Waals surface area contributed by atoms with Gasteiger partial charge in [-0.2, -0.15) is 5.10 Å². The average molecular weight is 221 g/mol. The van der Waals surface area contributed by atoms with Gasteiger partial charge in [0.2, 0.25) is 0 Å². The molecule has 0 amide bonds. The van der Waals surface area contributed by atoms with Crippen molar-refractivity contribution >= 4 is 5.96 Å². The second-order valence-electron chi connectivity index (χ2n) is 4.14. The first-order valence-corrected chi connectivity index (χ1v) is 5.86. The van der Waals surface area contributed by atoms with Crippen molar-refractivity contribution in [3.63, 3.8) is 0 Å². The molecule has 1 aromatic rings. The van der Waals surface area contributed by atoms with Gasteiger partial charge in [0.1, 0.15) is 0 Å². The highest BCUT2D eigenvalue weighted by Crippen LogP contribution is 2.17. The number of aliphatic imine (C=N–C) groups is 1. The zero-order chi connectivity index (χ0) is 11.4. The lowest BCUT2D eigenvalue weighted by Gasteiger charge is -2.26.